The van der Waals surface area contributed by atoms with Gasteiger partial charge in [0.1, 0.15) is 24.2 Å². The molecule has 0 aliphatic carbocycles. The average Bonchev–Trinajstić information content (AvgIpc) is 3.05. The Morgan fingerprint density at radius 2 is 1.86 bits per heavy atom. The summed E-state index contributed by atoms with van der Waals surface area (Å²) in [5.41, 5.74) is 1.43. The van der Waals surface area contributed by atoms with Gasteiger partial charge in [-0.05, 0) is 25.1 Å². The first-order valence-electron chi connectivity index (χ1n) is 9.24. The van der Waals surface area contributed by atoms with Crippen molar-refractivity contribution in [1.82, 2.24) is 14.5 Å². The number of piperidine rings is 1. The Morgan fingerprint density at radius 1 is 1.11 bits per heavy atom. The van der Waals surface area contributed by atoms with Gasteiger partial charge in [0, 0.05) is 49.9 Å². The Morgan fingerprint density at radius 3 is 2.57 bits per heavy atom. The van der Waals surface area contributed by atoms with Crippen molar-refractivity contribution in [2.45, 2.75) is 38.6 Å². The molecule has 0 saturated carbocycles. The molecule has 1 fully saturated rings. The van der Waals surface area contributed by atoms with Crippen molar-refractivity contribution in [2.75, 3.05) is 18.0 Å². The third kappa shape index (κ3) is 3.90. The normalized spacial score (nSPS) is 15.9. The minimum atomic E-state index is -4.26. The molecule has 3 heterocycles. The molecule has 1 aliphatic rings. The van der Waals surface area contributed by atoms with E-state index in [2.05, 4.69) is 14.9 Å². The Hall–Kier alpha value is -2.77. The molecule has 148 valence electrons. The molecule has 1 saturated heterocycles. The van der Waals surface area contributed by atoms with Crippen LogP contribution in [0.4, 0.5) is 19.0 Å². The molecule has 5 nitrogen and oxygen atoms in total. The summed E-state index contributed by atoms with van der Waals surface area (Å²) in [6.07, 6.45) is 2.23. The second kappa shape index (κ2) is 7.33. The predicted molar refractivity (Wildman–Crippen MR) is 101 cm³/mol. The largest absolute Gasteiger partial charge is 0.490 e. The molecule has 0 spiro atoms. The Kier molecular flexibility index (Phi) is 4.87. The highest BCUT2D eigenvalue weighted by atomic mass is 19.4. The van der Waals surface area contributed by atoms with Crippen LogP contribution in [0.1, 0.15) is 18.5 Å². The third-order valence-electron chi connectivity index (χ3n) is 5.01. The number of aryl methyl sites for hydroxylation is 1. The van der Waals surface area contributed by atoms with E-state index in [4.69, 9.17) is 4.74 Å². The van der Waals surface area contributed by atoms with Crippen molar-refractivity contribution >= 4 is 16.7 Å². The minimum Gasteiger partial charge on any atom is -0.490 e. The van der Waals surface area contributed by atoms with Crippen molar-refractivity contribution < 1.29 is 17.9 Å². The number of aromatic nitrogens is 3. The summed E-state index contributed by atoms with van der Waals surface area (Å²) < 4.78 is 45.7. The number of nitrogens with zero attached hydrogens (tertiary/aromatic N) is 4. The van der Waals surface area contributed by atoms with Crippen molar-refractivity contribution in [3.05, 3.63) is 48.5 Å². The minimum absolute atomic E-state index is 0.0183. The summed E-state index contributed by atoms with van der Waals surface area (Å²) in [7, 11) is 0. The highest BCUT2D eigenvalue weighted by Gasteiger charge is 2.29. The van der Waals surface area contributed by atoms with E-state index < -0.39 is 12.7 Å². The fraction of sp³-hybridized carbons (Fsp3) is 0.400. The summed E-state index contributed by atoms with van der Waals surface area (Å²) in [5.74, 6) is 1.53. The van der Waals surface area contributed by atoms with Crippen LogP contribution in [0.15, 0.2) is 42.9 Å². The summed E-state index contributed by atoms with van der Waals surface area (Å²) >= 11 is 0. The zero-order chi connectivity index (χ0) is 19.7. The molecule has 0 radical (unpaired) electrons. The van der Waals surface area contributed by atoms with Gasteiger partial charge >= 0.3 is 6.18 Å². The number of benzene rings is 1. The summed E-state index contributed by atoms with van der Waals surface area (Å²) in [4.78, 5) is 10.9. The third-order valence-corrected chi connectivity index (χ3v) is 5.01. The van der Waals surface area contributed by atoms with Crippen LogP contribution in [-0.4, -0.2) is 39.9 Å². The molecule has 3 aromatic rings. The van der Waals surface area contributed by atoms with Crippen LogP contribution in [0.25, 0.3) is 10.9 Å². The number of hydrogen-bond donors (Lipinski definition) is 0. The van der Waals surface area contributed by atoms with E-state index in [-0.39, 0.29) is 6.10 Å². The maximum absolute atomic E-state index is 12.8. The zero-order valence-electron chi connectivity index (χ0n) is 15.5. The van der Waals surface area contributed by atoms with Crippen LogP contribution in [0, 0.1) is 6.92 Å². The number of rotatable bonds is 4. The molecule has 1 aromatic carbocycles. The maximum Gasteiger partial charge on any atom is 0.406 e. The van der Waals surface area contributed by atoms with E-state index in [0.29, 0.717) is 16.7 Å². The van der Waals surface area contributed by atoms with Crippen molar-refractivity contribution in [3.63, 3.8) is 0 Å². The molecule has 1 aliphatic heterocycles. The van der Waals surface area contributed by atoms with Gasteiger partial charge in [-0.1, -0.05) is 6.07 Å². The Balaban J connectivity index is 1.46. The van der Waals surface area contributed by atoms with Crippen LogP contribution < -0.4 is 9.64 Å². The summed E-state index contributed by atoms with van der Waals surface area (Å²) in [6.45, 7) is 2.54. The first kappa shape index (κ1) is 18.6. The first-order valence-corrected chi connectivity index (χ1v) is 9.24. The Labute approximate surface area is 160 Å². The van der Waals surface area contributed by atoms with Gasteiger partial charge in [-0.25, -0.2) is 4.98 Å². The molecule has 28 heavy (non-hydrogen) atoms. The van der Waals surface area contributed by atoms with Gasteiger partial charge in [-0.2, -0.15) is 13.2 Å². The molecule has 2 aromatic heterocycles. The van der Waals surface area contributed by atoms with E-state index >= 15 is 0 Å². The molecule has 0 unspecified atom stereocenters. The first-order chi connectivity index (χ1) is 13.4. The lowest BCUT2D eigenvalue weighted by atomic mass is 10.1. The van der Waals surface area contributed by atoms with E-state index in [1.54, 1.807) is 30.6 Å². The molecule has 0 atom stereocenters. The van der Waals surface area contributed by atoms with E-state index in [1.807, 2.05) is 13.0 Å². The van der Waals surface area contributed by atoms with Crippen LogP contribution in [0.2, 0.25) is 0 Å². The van der Waals surface area contributed by atoms with Crippen LogP contribution >= 0.6 is 0 Å². The lowest BCUT2D eigenvalue weighted by molar-refractivity contribution is -0.139. The molecule has 0 amide bonds. The van der Waals surface area contributed by atoms with Crippen molar-refractivity contribution in [1.29, 1.82) is 0 Å². The van der Waals surface area contributed by atoms with Crippen LogP contribution in [0.3, 0.4) is 0 Å². The van der Waals surface area contributed by atoms with Crippen LogP contribution in [-0.2, 0) is 6.54 Å². The van der Waals surface area contributed by atoms with Crippen LogP contribution in [0.5, 0.6) is 5.75 Å². The van der Waals surface area contributed by atoms with Gasteiger partial charge in [0.05, 0.1) is 11.2 Å². The topological polar surface area (TPSA) is 43.2 Å². The van der Waals surface area contributed by atoms with Gasteiger partial charge in [0.2, 0.25) is 0 Å². The highest BCUT2D eigenvalue weighted by molar-refractivity contribution is 5.86. The fourth-order valence-corrected chi connectivity index (χ4v) is 3.70. The average molecular weight is 390 g/mol. The summed E-state index contributed by atoms with van der Waals surface area (Å²) in [5, 5.41) is 0.707. The standard InChI is InChI=1S/C20H21F3N4O/c1-14-19(25-9-8-24-14)26-10-5-15(6-11-26)28-18-4-2-3-17-16(18)7-12-27(17)13-20(21,22)23/h2-4,7-9,12,15H,5-6,10-11,13H2,1H3. The number of halogens is 3. The quantitative estimate of drug-likeness (QED) is 0.664. The van der Waals surface area contributed by atoms with E-state index in [9.17, 15) is 13.2 Å². The second-order valence-electron chi connectivity index (χ2n) is 7.02. The van der Waals surface area contributed by atoms with Gasteiger partial charge in [-0.3, -0.25) is 4.98 Å². The molecule has 0 bridgehead atoms. The lowest BCUT2D eigenvalue weighted by Gasteiger charge is -2.33. The van der Waals surface area contributed by atoms with Gasteiger partial charge in [-0.15, -0.1) is 0 Å². The Bertz CT molecular complexity index is 961. The fourth-order valence-electron chi connectivity index (χ4n) is 3.70. The summed E-state index contributed by atoms with van der Waals surface area (Å²) in [6, 6.07) is 6.93. The molecule has 8 heteroatoms. The monoisotopic (exact) mass is 390 g/mol. The second-order valence-corrected chi connectivity index (χ2v) is 7.02. The van der Waals surface area contributed by atoms with Crippen molar-refractivity contribution in [3.8, 4) is 5.75 Å². The maximum atomic E-state index is 12.8. The zero-order valence-corrected chi connectivity index (χ0v) is 15.5. The van der Waals surface area contributed by atoms with Gasteiger partial charge < -0.3 is 14.2 Å². The number of ether oxygens (including phenoxy) is 1. The highest BCUT2D eigenvalue weighted by Crippen LogP contribution is 2.31. The number of fused-ring (bicyclic) bond motifs is 1. The molecule has 4 rings (SSSR count). The predicted octanol–water partition coefficient (Wildman–Crippen LogP) is 4.35. The van der Waals surface area contributed by atoms with Gasteiger partial charge in [0.15, 0.2) is 0 Å². The molecular weight excluding hydrogens is 369 g/mol. The molecular formula is C20H21F3N4O. The van der Waals surface area contributed by atoms with E-state index in [0.717, 1.165) is 37.4 Å². The van der Waals surface area contributed by atoms with Gasteiger partial charge in [0.25, 0.3) is 0 Å². The lowest BCUT2D eigenvalue weighted by Crippen LogP contribution is -2.39. The molecule has 0 N–H and O–H groups in total. The number of alkyl halides is 3. The number of hydrogen-bond acceptors (Lipinski definition) is 4. The van der Waals surface area contributed by atoms with Crippen molar-refractivity contribution in [2.24, 2.45) is 0 Å². The van der Waals surface area contributed by atoms with E-state index in [1.165, 1.54) is 10.8 Å². The SMILES string of the molecule is Cc1nccnc1N1CCC(Oc2cccc3c2ccn3CC(F)(F)F)CC1. The number of anilines is 1. The smallest absolute Gasteiger partial charge is 0.406 e.